The summed E-state index contributed by atoms with van der Waals surface area (Å²) in [7, 11) is 0. The Hall–Kier alpha value is -2.65. The number of carbonyl (C=O) groups is 2. The highest BCUT2D eigenvalue weighted by atomic mass is 16.2. The Balaban J connectivity index is 2.30. The third kappa shape index (κ3) is 3.87. The molecule has 1 aromatic heterocycles. The second-order valence-electron chi connectivity index (χ2n) is 8.82. The first-order valence-corrected chi connectivity index (χ1v) is 10.5. The average molecular weight is 424 g/mol. The monoisotopic (exact) mass is 423 g/mol. The molecule has 10 nitrogen and oxygen atoms in total. The Morgan fingerprint density at radius 1 is 0.500 bits per heavy atom. The summed E-state index contributed by atoms with van der Waals surface area (Å²) in [6.45, 7) is 13.9. The molecule has 1 aromatic rings. The molecule has 1 aliphatic rings. The lowest BCUT2D eigenvalue weighted by Gasteiger charge is -2.44. The van der Waals surface area contributed by atoms with Gasteiger partial charge in [0, 0.05) is 30.2 Å². The Morgan fingerprint density at radius 2 is 0.867 bits per heavy atom. The predicted octanol–water partition coefficient (Wildman–Crippen LogP) is 2.33. The van der Waals surface area contributed by atoms with E-state index >= 15 is 0 Å². The van der Waals surface area contributed by atoms with Gasteiger partial charge < -0.3 is 0 Å². The third-order valence-electron chi connectivity index (χ3n) is 5.49. The van der Waals surface area contributed by atoms with Crippen LogP contribution in [0.5, 0.6) is 0 Å². The van der Waals surface area contributed by atoms with Crippen molar-refractivity contribution in [3.63, 3.8) is 0 Å². The van der Waals surface area contributed by atoms with Crippen molar-refractivity contribution in [2.45, 2.75) is 98.4 Å². The molecule has 2 rings (SSSR count). The van der Waals surface area contributed by atoms with E-state index in [1.807, 2.05) is 0 Å². The Labute approximate surface area is 175 Å². The molecule has 2 heterocycles. The van der Waals surface area contributed by atoms with Crippen molar-refractivity contribution in [1.82, 2.24) is 23.5 Å². The van der Waals surface area contributed by atoms with Crippen molar-refractivity contribution in [2.75, 3.05) is 0 Å². The zero-order chi connectivity index (χ0) is 23.1. The summed E-state index contributed by atoms with van der Waals surface area (Å²) in [4.78, 5) is 65.4. The van der Waals surface area contributed by atoms with Gasteiger partial charge in [0.25, 0.3) is 0 Å². The van der Waals surface area contributed by atoms with Crippen LogP contribution >= 0.6 is 0 Å². The van der Waals surface area contributed by atoms with Crippen LogP contribution in [-0.4, -0.2) is 47.6 Å². The van der Waals surface area contributed by atoms with Crippen LogP contribution in [0.1, 0.15) is 86.4 Å². The lowest BCUT2D eigenvalue weighted by Crippen LogP contribution is -2.68. The van der Waals surface area contributed by atoms with Crippen LogP contribution in [0.2, 0.25) is 0 Å². The van der Waals surface area contributed by atoms with Gasteiger partial charge in [0.05, 0.1) is 0 Å². The fourth-order valence-corrected chi connectivity index (χ4v) is 3.76. The molecule has 0 aromatic carbocycles. The Bertz CT molecular complexity index is 938. The van der Waals surface area contributed by atoms with Crippen LogP contribution in [0.3, 0.4) is 0 Å². The molecule has 0 saturated carbocycles. The minimum atomic E-state index is -0.640. The lowest BCUT2D eigenvalue weighted by atomic mass is 10.1. The van der Waals surface area contributed by atoms with Gasteiger partial charge in [-0.2, -0.15) is 0 Å². The van der Waals surface area contributed by atoms with E-state index in [1.165, 1.54) is 9.80 Å². The highest BCUT2D eigenvalue weighted by Crippen LogP contribution is 2.25. The van der Waals surface area contributed by atoms with Gasteiger partial charge in [0.15, 0.2) is 0 Å². The van der Waals surface area contributed by atoms with Gasteiger partial charge in [-0.25, -0.2) is 47.5 Å². The third-order valence-corrected chi connectivity index (χ3v) is 5.49. The molecule has 1 fully saturated rings. The number of carbonyl (C=O) groups excluding carboxylic acids is 2. The van der Waals surface area contributed by atoms with Gasteiger partial charge in [0.1, 0.15) is 0 Å². The molecule has 2 unspecified atom stereocenters. The summed E-state index contributed by atoms with van der Waals surface area (Å²) in [5.74, 6) is 0. The summed E-state index contributed by atoms with van der Waals surface area (Å²) < 4.78 is 3.28. The minimum Gasteiger partial charge on any atom is -0.247 e. The van der Waals surface area contributed by atoms with Gasteiger partial charge in [0.2, 0.25) is 0 Å². The van der Waals surface area contributed by atoms with Crippen molar-refractivity contribution in [1.29, 1.82) is 0 Å². The number of amides is 4. The van der Waals surface area contributed by atoms with Gasteiger partial charge in [-0.3, -0.25) is 0 Å². The van der Waals surface area contributed by atoms with E-state index < -0.39 is 35.2 Å². The number of hydrogen-bond acceptors (Lipinski definition) is 5. The highest BCUT2D eigenvalue weighted by Gasteiger charge is 2.47. The molecule has 0 bridgehead atoms. The molecule has 0 aliphatic carbocycles. The normalized spacial score (nSPS) is 16.6. The van der Waals surface area contributed by atoms with Crippen molar-refractivity contribution < 1.29 is 9.59 Å². The molecule has 0 spiro atoms. The Kier molecular flexibility index (Phi) is 6.78. The second-order valence-corrected chi connectivity index (χ2v) is 8.82. The molecule has 168 valence electrons. The zero-order valence-electron chi connectivity index (χ0n) is 19.1. The maximum Gasteiger partial charge on any atom is 0.336 e. The molecular formula is C20H33N5O5. The molecule has 10 heteroatoms. The predicted molar refractivity (Wildman–Crippen MR) is 113 cm³/mol. The second kappa shape index (κ2) is 8.61. The Morgan fingerprint density at radius 3 is 1.23 bits per heavy atom. The lowest BCUT2D eigenvalue weighted by molar-refractivity contribution is 0.0769. The molecular weight excluding hydrogens is 390 g/mol. The molecule has 1 saturated heterocycles. The van der Waals surface area contributed by atoms with Crippen LogP contribution < -0.4 is 17.1 Å². The zero-order valence-corrected chi connectivity index (χ0v) is 19.1. The summed E-state index contributed by atoms with van der Waals surface area (Å²) in [6.07, 6.45) is 0.822. The average Bonchev–Trinajstić information content (AvgIpc) is 2.58. The fraction of sp³-hybridized carbons (Fsp3) is 0.750. The maximum absolute atomic E-state index is 12.9. The fourth-order valence-electron chi connectivity index (χ4n) is 3.76. The smallest absolute Gasteiger partial charge is 0.247 e. The molecule has 4 amide bonds. The quantitative estimate of drug-likeness (QED) is 0.638. The first kappa shape index (κ1) is 23.6. The molecule has 0 radical (unpaired) electrons. The highest BCUT2D eigenvalue weighted by molar-refractivity contribution is 6.12. The van der Waals surface area contributed by atoms with E-state index in [1.54, 1.807) is 55.4 Å². The molecule has 30 heavy (non-hydrogen) atoms. The number of nitrogens with zero attached hydrogens (tertiary/aromatic N) is 5. The van der Waals surface area contributed by atoms with Gasteiger partial charge in [-0.1, -0.05) is 0 Å². The van der Waals surface area contributed by atoms with Crippen LogP contribution in [-0.2, 0) is 0 Å². The SMILES string of the molecule is CC(C)N1C(=O)N(C(C)CCC(C)n2c(=O)n(C(C)C)c(=O)n(C(C)C)c2=O)C1=O. The standard InChI is InChI=1S/C20H33N5O5/c1-11(2)21-16(26)22(12(3)4)18(28)24(17(21)27)14(7)9-10-15(8)25-19(29)23(13(5)6)20(25)30/h11-15H,9-10H2,1-8H3. The van der Waals surface area contributed by atoms with E-state index in [0.29, 0.717) is 12.8 Å². The summed E-state index contributed by atoms with van der Waals surface area (Å²) >= 11 is 0. The number of rotatable bonds is 8. The van der Waals surface area contributed by atoms with Crippen LogP contribution in [0.25, 0.3) is 0 Å². The van der Waals surface area contributed by atoms with Gasteiger partial charge in [-0.05, 0) is 68.2 Å². The summed E-state index contributed by atoms with van der Waals surface area (Å²) in [5, 5.41) is 0. The summed E-state index contributed by atoms with van der Waals surface area (Å²) in [5.41, 5.74) is -1.89. The van der Waals surface area contributed by atoms with Crippen molar-refractivity contribution in [3.8, 4) is 0 Å². The topological polar surface area (TPSA) is 107 Å². The van der Waals surface area contributed by atoms with E-state index in [-0.39, 0.29) is 24.1 Å². The van der Waals surface area contributed by atoms with E-state index in [4.69, 9.17) is 0 Å². The first-order chi connectivity index (χ1) is 13.8. The van der Waals surface area contributed by atoms with E-state index in [9.17, 15) is 24.0 Å². The molecule has 2 atom stereocenters. The number of hydrogen-bond donors (Lipinski definition) is 0. The molecule has 0 N–H and O–H groups in total. The van der Waals surface area contributed by atoms with Crippen molar-refractivity contribution in [3.05, 3.63) is 31.5 Å². The number of urea groups is 2. The van der Waals surface area contributed by atoms with Gasteiger partial charge >= 0.3 is 29.1 Å². The van der Waals surface area contributed by atoms with E-state index in [0.717, 1.165) is 13.7 Å². The van der Waals surface area contributed by atoms with Gasteiger partial charge in [-0.15, -0.1) is 0 Å². The van der Waals surface area contributed by atoms with Crippen molar-refractivity contribution >= 4 is 12.1 Å². The van der Waals surface area contributed by atoms with E-state index in [2.05, 4.69) is 0 Å². The number of imide groups is 2. The van der Waals surface area contributed by atoms with Crippen LogP contribution in [0.15, 0.2) is 14.4 Å². The maximum atomic E-state index is 12.9. The number of aromatic nitrogens is 3. The minimum absolute atomic E-state index is 0.197. The first-order valence-electron chi connectivity index (χ1n) is 10.5. The molecule has 1 aliphatic heterocycles. The largest absolute Gasteiger partial charge is 0.336 e. The van der Waals surface area contributed by atoms with Crippen LogP contribution in [0.4, 0.5) is 9.59 Å². The van der Waals surface area contributed by atoms with Crippen molar-refractivity contribution in [2.24, 2.45) is 0 Å². The van der Waals surface area contributed by atoms with Crippen LogP contribution in [0, 0.1) is 0 Å². The summed E-state index contributed by atoms with van der Waals surface area (Å²) in [6, 6.07) is -2.52.